The molecule has 3 aromatic carbocycles. The summed E-state index contributed by atoms with van der Waals surface area (Å²) in [6.45, 7) is 0.0701. The molecule has 0 spiro atoms. The normalized spacial score (nSPS) is 20.2. The molecule has 1 heterocycles. The molecule has 190 valence electrons. The van der Waals surface area contributed by atoms with E-state index in [1.807, 2.05) is 78.9 Å². The van der Waals surface area contributed by atoms with E-state index < -0.39 is 32.4 Å². The van der Waals surface area contributed by atoms with Crippen LogP contribution < -0.4 is 9.47 Å². The largest absolute Gasteiger partial charge is 0.695 e. The summed E-state index contributed by atoms with van der Waals surface area (Å²) >= 11 is 0. The predicted octanol–water partition coefficient (Wildman–Crippen LogP) is 4.81. The fourth-order valence-corrected chi connectivity index (χ4v) is 4.94. The van der Waals surface area contributed by atoms with E-state index in [4.69, 9.17) is 28.2 Å². The van der Waals surface area contributed by atoms with Gasteiger partial charge >= 0.3 is 8.25 Å². The molecular weight excluding hydrogens is 483 g/mol. The Morgan fingerprint density at radius 3 is 1.86 bits per heavy atom. The van der Waals surface area contributed by atoms with Gasteiger partial charge in [0.05, 0.1) is 20.8 Å². The smallest absolute Gasteiger partial charge is 0.497 e. The van der Waals surface area contributed by atoms with Crippen LogP contribution in [0.2, 0.25) is 0 Å². The Morgan fingerprint density at radius 2 is 1.39 bits per heavy atom. The molecule has 1 saturated heterocycles. The van der Waals surface area contributed by atoms with E-state index >= 15 is 0 Å². The van der Waals surface area contributed by atoms with Crippen molar-refractivity contribution < 1.29 is 37.7 Å². The van der Waals surface area contributed by atoms with Gasteiger partial charge in [0.15, 0.2) is 6.29 Å². The third-order valence-corrected chi connectivity index (χ3v) is 6.74. The molecule has 36 heavy (non-hydrogen) atoms. The summed E-state index contributed by atoms with van der Waals surface area (Å²) in [7, 11) is 1.95. The number of hydrogen-bond donors (Lipinski definition) is 1. The third kappa shape index (κ3) is 5.60. The zero-order valence-electron chi connectivity index (χ0n) is 20.4. The highest BCUT2D eigenvalue weighted by Crippen LogP contribution is 2.42. The number of ether oxygens (including phenoxy) is 5. The standard InChI is InChI=1S/C27H29O8P/c1-30-22-13-9-20(10-14-22)27(19-7-5-4-6-8-19,21-11-15-23(31-2)16-12-21)33-18-25-24(35-36(28)29)17-26(32-3)34-25/h4-16,24-26H,17-18H2,1-3H3/p+1/t24-,25+,26+/m0/s1. The van der Waals surface area contributed by atoms with Crippen molar-refractivity contribution in [3.63, 3.8) is 0 Å². The van der Waals surface area contributed by atoms with Gasteiger partial charge in [-0.1, -0.05) is 54.6 Å². The lowest BCUT2D eigenvalue weighted by atomic mass is 9.80. The maximum atomic E-state index is 11.4. The molecule has 0 aromatic heterocycles. The van der Waals surface area contributed by atoms with Crippen molar-refractivity contribution in [2.45, 2.75) is 30.5 Å². The van der Waals surface area contributed by atoms with Crippen LogP contribution in [-0.2, 0) is 28.9 Å². The molecule has 0 amide bonds. The Labute approximate surface area is 211 Å². The zero-order valence-corrected chi connectivity index (χ0v) is 21.3. The van der Waals surface area contributed by atoms with E-state index in [1.54, 1.807) is 14.2 Å². The second kappa shape index (κ2) is 11.9. The second-order valence-corrected chi connectivity index (χ2v) is 8.96. The lowest BCUT2D eigenvalue weighted by Gasteiger charge is -2.37. The minimum atomic E-state index is -2.81. The van der Waals surface area contributed by atoms with Crippen LogP contribution in [0.4, 0.5) is 0 Å². The van der Waals surface area contributed by atoms with Gasteiger partial charge in [-0.2, -0.15) is 0 Å². The van der Waals surface area contributed by atoms with Gasteiger partial charge in [-0.3, -0.25) is 0 Å². The van der Waals surface area contributed by atoms with Gasteiger partial charge in [0, 0.05) is 18.1 Å². The molecule has 1 fully saturated rings. The van der Waals surface area contributed by atoms with Gasteiger partial charge in [0.1, 0.15) is 29.3 Å². The van der Waals surface area contributed by atoms with Crippen molar-refractivity contribution in [1.29, 1.82) is 0 Å². The molecule has 0 radical (unpaired) electrons. The highest BCUT2D eigenvalue weighted by molar-refractivity contribution is 7.32. The summed E-state index contributed by atoms with van der Waals surface area (Å²) in [4.78, 5) is 9.38. The van der Waals surface area contributed by atoms with Crippen LogP contribution in [0.15, 0.2) is 78.9 Å². The summed E-state index contributed by atoms with van der Waals surface area (Å²) in [6.07, 6.45) is -1.54. The van der Waals surface area contributed by atoms with Crippen LogP contribution in [-0.4, -0.2) is 51.3 Å². The Morgan fingerprint density at radius 1 is 0.861 bits per heavy atom. The van der Waals surface area contributed by atoms with Crippen LogP contribution in [0.5, 0.6) is 11.5 Å². The minimum absolute atomic E-state index is 0.0701. The number of rotatable bonds is 11. The molecule has 4 rings (SSSR count). The number of benzene rings is 3. The topological polar surface area (TPSA) is 92.7 Å². The first-order valence-electron chi connectivity index (χ1n) is 11.5. The van der Waals surface area contributed by atoms with Gasteiger partial charge in [0.2, 0.25) is 0 Å². The van der Waals surface area contributed by atoms with Crippen molar-refractivity contribution in [3.05, 3.63) is 95.6 Å². The summed E-state index contributed by atoms with van der Waals surface area (Å²) < 4.78 is 45.5. The molecule has 0 saturated carbocycles. The van der Waals surface area contributed by atoms with Crippen LogP contribution in [0.1, 0.15) is 23.1 Å². The average Bonchev–Trinajstić information content (AvgIpc) is 3.31. The summed E-state index contributed by atoms with van der Waals surface area (Å²) in [5, 5.41) is 0. The van der Waals surface area contributed by atoms with Crippen molar-refractivity contribution in [2.75, 3.05) is 27.9 Å². The van der Waals surface area contributed by atoms with Gasteiger partial charge in [0.25, 0.3) is 0 Å². The first kappa shape index (κ1) is 26.2. The quantitative estimate of drug-likeness (QED) is 0.289. The molecule has 1 aliphatic heterocycles. The van der Waals surface area contributed by atoms with Crippen molar-refractivity contribution >= 4 is 8.25 Å². The Hall–Kier alpha value is -2.84. The Balaban J connectivity index is 1.80. The van der Waals surface area contributed by atoms with E-state index in [-0.39, 0.29) is 6.61 Å². The van der Waals surface area contributed by atoms with Gasteiger partial charge in [-0.15, -0.1) is 9.42 Å². The Bertz CT molecular complexity index is 1070. The lowest BCUT2D eigenvalue weighted by Crippen LogP contribution is -2.38. The predicted molar refractivity (Wildman–Crippen MR) is 133 cm³/mol. The lowest BCUT2D eigenvalue weighted by molar-refractivity contribution is -0.143. The van der Waals surface area contributed by atoms with Gasteiger partial charge < -0.3 is 23.7 Å². The summed E-state index contributed by atoms with van der Waals surface area (Å²) in [5.74, 6) is 1.44. The minimum Gasteiger partial charge on any atom is -0.497 e. The molecule has 1 aliphatic rings. The number of methoxy groups -OCH3 is 3. The molecular formula is C27H30O8P+. The second-order valence-electron chi connectivity index (χ2n) is 8.27. The molecule has 1 unspecified atom stereocenters. The van der Waals surface area contributed by atoms with Crippen LogP contribution in [0.3, 0.4) is 0 Å². The van der Waals surface area contributed by atoms with E-state index in [0.29, 0.717) is 6.42 Å². The summed E-state index contributed by atoms with van der Waals surface area (Å²) in [6, 6.07) is 25.2. The monoisotopic (exact) mass is 513 g/mol. The van der Waals surface area contributed by atoms with Crippen molar-refractivity contribution in [3.8, 4) is 11.5 Å². The third-order valence-electron chi connectivity index (χ3n) is 6.29. The average molecular weight is 514 g/mol. The van der Waals surface area contributed by atoms with Crippen LogP contribution in [0.25, 0.3) is 0 Å². The molecule has 0 aliphatic carbocycles. The molecule has 1 N–H and O–H groups in total. The molecule has 8 nitrogen and oxygen atoms in total. The highest BCUT2D eigenvalue weighted by Gasteiger charge is 2.45. The Kier molecular flexibility index (Phi) is 8.69. The van der Waals surface area contributed by atoms with E-state index in [1.165, 1.54) is 7.11 Å². The SMILES string of the molecule is COc1ccc(C(OC[C@H]2O[C@@H](OC)C[C@@H]2O[P+](=O)O)(c2ccccc2)c2ccc(OC)cc2)cc1. The van der Waals surface area contributed by atoms with Gasteiger partial charge in [-0.25, -0.2) is 0 Å². The van der Waals surface area contributed by atoms with E-state index in [0.717, 1.165) is 28.2 Å². The van der Waals surface area contributed by atoms with Gasteiger partial charge in [-0.05, 0) is 41.0 Å². The van der Waals surface area contributed by atoms with Crippen LogP contribution >= 0.6 is 8.25 Å². The maximum Gasteiger partial charge on any atom is 0.695 e. The fourth-order valence-electron chi connectivity index (χ4n) is 4.49. The van der Waals surface area contributed by atoms with E-state index in [2.05, 4.69) is 0 Å². The molecule has 3 aromatic rings. The maximum absolute atomic E-state index is 11.4. The first-order chi connectivity index (χ1) is 17.5. The van der Waals surface area contributed by atoms with Crippen LogP contribution in [0, 0.1) is 0 Å². The van der Waals surface area contributed by atoms with E-state index in [9.17, 15) is 9.46 Å². The first-order valence-corrected chi connectivity index (χ1v) is 12.6. The summed E-state index contributed by atoms with van der Waals surface area (Å²) in [5.41, 5.74) is 1.59. The van der Waals surface area contributed by atoms with Crippen molar-refractivity contribution in [1.82, 2.24) is 0 Å². The fraction of sp³-hybridized carbons (Fsp3) is 0.333. The highest BCUT2D eigenvalue weighted by atomic mass is 31.1. The zero-order chi connectivity index (χ0) is 25.5. The molecule has 0 bridgehead atoms. The number of hydrogen-bond acceptors (Lipinski definition) is 7. The molecule has 9 heteroatoms. The molecule has 4 atom stereocenters. The van der Waals surface area contributed by atoms with Crippen molar-refractivity contribution in [2.24, 2.45) is 0 Å².